The van der Waals surface area contributed by atoms with Crippen LogP contribution in [0.3, 0.4) is 0 Å². The zero-order valence-corrected chi connectivity index (χ0v) is 9.36. The lowest BCUT2D eigenvalue weighted by Gasteiger charge is -1.97. The first-order valence-corrected chi connectivity index (χ1v) is 5.01. The Kier molecular flexibility index (Phi) is 2.74. The Morgan fingerprint density at radius 1 is 1.50 bits per heavy atom. The molecule has 0 aliphatic carbocycles. The van der Waals surface area contributed by atoms with Crippen LogP contribution in [-0.2, 0) is 0 Å². The lowest BCUT2D eigenvalue weighted by molar-refractivity contribution is 0.0690. The zero-order chi connectivity index (χ0) is 11.7. The van der Waals surface area contributed by atoms with Gasteiger partial charge in [-0.25, -0.2) is 14.2 Å². The van der Waals surface area contributed by atoms with Gasteiger partial charge in [0.1, 0.15) is 12.1 Å². The molecule has 0 amide bonds. The normalized spacial score (nSPS) is 10.4. The fourth-order valence-electron chi connectivity index (χ4n) is 1.13. The molecule has 0 bridgehead atoms. The van der Waals surface area contributed by atoms with Crippen LogP contribution in [0.1, 0.15) is 10.5 Å². The summed E-state index contributed by atoms with van der Waals surface area (Å²) in [5, 5.41) is 8.64. The maximum absolute atomic E-state index is 13.2. The quantitative estimate of drug-likeness (QED) is 0.921. The first-order chi connectivity index (χ1) is 7.58. The fourth-order valence-corrected chi connectivity index (χ4v) is 1.38. The van der Waals surface area contributed by atoms with E-state index >= 15 is 0 Å². The molecule has 0 fully saturated rings. The maximum atomic E-state index is 13.2. The Morgan fingerprint density at radius 3 is 2.81 bits per heavy atom. The van der Waals surface area contributed by atoms with Gasteiger partial charge < -0.3 is 9.52 Å². The molecule has 82 valence electrons. The molecule has 1 N–H and O–H groups in total. The van der Waals surface area contributed by atoms with Crippen molar-refractivity contribution >= 4 is 21.9 Å². The van der Waals surface area contributed by atoms with Crippen molar-refractivity contribution in [2.24, 2.45) is 0 Å². The fraction of sp³-hybridized carbons (Fsp3) is 0. The van der Waals surface area contributed by atoms with Gasteiger partial charge >= 0.3 is 5.97 Å². The highest BCUT2D eigenvalue weighted by atomic mass is 79.9. The molecule has 1 aromatic carbocycles. The van der Waals surface area contributed by atoms with Gasteiger partial charge in [-0.2, -0.15) is 0 Å². The molecule has 0 atom stereocenters. The van der Waals surface area contributed by atoms with Crippen molar-refractivity contribution in [3.63, 3.8) is 0 Å². The minimum absolute atomic E-state index is 0.0730. The van der Waals surface area contributed by atoms with Gasteiger partial charge in [0.05, 0.1) is 4.47 Å². The molecule has 0 spiro atoms. The van der Waals surface area contributed by atoms with Gasteiger partial charge in [-0.15, -0.1) is 0 Å². The molecule has 1 aromatic heterocycles. The smallest absolute Gasteiger partial charge is 0.357 e. The molecule has 6 heteroatoms. The Hall–Kier alpha value is -1.69. The first kappa shape index (κ1) is 10.8. The Morgan fingerprint density at radius 2 is 2.25 bits per heavy atom. The van der Waals surface area contributed by atoms with Gasteiger partial charge in [0.15, 0.2) is 5.69 Å². The van der Waals surface area contributed by atoms with Gasteiger partial charge in [-0.3, -0.25) is 0 Å². The number of hydrogen-bond donors (Lipinski definition) is 1. The van der Waals surface area contributed by atoms with Crippen molar-refractivity contribution < 1.29 is 18.7 Å². The van der Waals surface area contributed by atoms with Crippen molar-refractivity contribution in [2.75, 3.05) is 0 Å². The predicted molar refractivity (Wildman–Crippen MR) is 56.6 cm³/mol. The first-order valence-electron chi connectivity index (χ1n) is 4.22. The molecule has 0 aliphatic rings. The van der Waals surface area contributed by atoms with Gasteiger partial charge in [0.25, 0.3) is 0 Å². The molecule has 2 aromatic rings. The summed E-state index contributed by atoms with van der Waals surface area (Å²) in [5.74, 6) is -1.58. The van der Waals surface area contributed by atoms with Crippen molar-refractivity contribution in [1.82, 2.24) is 4.98 Å². The average Bonchev–Trinajstić information content (AvgIpc) is 2.71. The van der Waals surface area contributed by atoms with Crippen molar-refractivity contribution in [1.29, 1.82) is 0 Å². The number of aromatic carboxylic acids is 1. The lowest BCUT2D eigenvalue weighted by atomic mass is 10.2. The monoisotopic (exact) mass is 285 g/mol. The zero-order valence-electron chi connectivity index (χ0n) is 7.78. The summed E-state index contributed by atoms with van der Waals surface area (Å²) < 4.78 is 18.5. The lowest BCUT2D eigenvalue weighted by Crippen LogP contribution is -1.95. The van der Waals surface area contributed by atoms with Gasteiger partial charge in [0, 0.05) is 5.56 Å². The number of halogens is 2. The van der Waals surface area contributed by atoms with Gasteiger partial charge in [-0.1, -0.05) is 0 Å². The molecular formula is C10H5BrFNO3. The minimum atomic E-state index is -1.19. The van der Waals surface area contributed by atoms with Crippen LogP contribution >= 0.6 is 15.9 Å². The second-order valence-electron chi connectivity index (χ2n) is 2.97. The molecule has 0 aliphatic heterocycles. The van der Waals surface area contributed by atoms with E-state index in [9.17, 15) is 9.18 Å². The Bertz CT molecular complexity index is 553. The molecule has 0 saturated heterocycles. The summed E-state index contributed by atoms with van der Waals surface area (Å²) in [7, 11) is 0. The molecule has 4 nitrogen and oxygen atoms in total. The van der Waals surface area contributed by atoms with Crippen LogP contribution in [0.5, 0.6) is 0 Å². The molecule has 0 radical (unpaired) electrons. The van der Waals surface area contributed by atoms with E-state index in [1.54, 1.807) is 6.07 Å². The topological polar surface area (TPSA) is 63.3 Å². The van der Waals surface area contributed by atoms with Crippen LogP contribution in [-0.4, -0.2) is 16.1 Å². The van der Waals surface area contributed by atoms with E-state index in [0.717, 1.165) is 6.26 Å². The van der Waals surface area contributed by atoms with Crippen LogP contribution in [0.4, 0.5) is 4.39 Å². The summed E-state index contributed by atoms with van der Waals surface area (Å²) in [5.41, 5.74) is 0.173. The summed E-state index contributed by atoms with van der Waals surface area (Å²) in [6.07, 6.45) is 1.01. The molecule has 16 heavy (non-hydrogen) atoms. The van der Waals surface area contributed by atoms with Crippen molar-refractivity contribution in [3.8, 4) is 11.5 Å². The number of aromatic nitrogens is 1. The molecular weight excluding hydrogens is 281 g/mol. The number of carboxylic acids is 1. The number of carbonyl (C=O) groups is 1. The highest BCUT2D eigenvalue weighted by Gasteiger charge is 2.12. The van der Waals surface area contributed by atoms with Crippen LogP contribution < -0.4 is 0 Å². The summed E-state index contributed by atoms with van der Waals surface area (Å²) in [6, 6.07) is 4.28. The third-order valence-electron chi connectivity index (χ3n) is 1.89. The highest BCUT2D eigenvalue weighted by molar-refractivity contribution is 9.10. The van der Waals surface area contributed by atoms with Crippen LogP contribution in [0.2, 0.25) is 0 Å². The molecule has 2 rings (SSSR count). The summed E-state index contributed by atoms with van der Waals surface area (Å²) >= 11 is 3.01. The largest absolute Gasteiger partial charge is 0.476 e. The molecule has 0 unspecified atom stereocenters. The van der Waals surface area contributed by atoms with Crippen LogP contribution in [0.15, 0.2) is 33.4 Å². The van der Waals surface area contributed by atoms with Crippen molar-refractivity contribution in [2.45, 2.75) is 0 Å². The number of rotatable bonds is 2. The average molecular weight is 286 g/mol. The SMILES string of the molecule is O=C(O)c1coc(-c2ccc(Br)c(F)c2)n1. The van der Waals surface area contributed by atoms with Crippen LogP contribution in [0.25, 0.3) is 11.5 Å². The van der Waals surface area contributed by atoms with Crippen LogP contribution in [0, 0.1) is 5.82 Å². The van der Waals surface area contributed by atoms with E-state index in [1.807, 2.05) is 0 Å². The van der Waals surface area contributed by atoms with Gasteiger partial charge in [-0.05, 0) is 34.1 Å². The third-order valence-corrected chi connectivity index (χ3v) is 2.53. The number of nitrogens with zero attached hydrogens (tertiary/aromatic N) is 1. The van der Waals surface area contributed by atoms with E-state index in [4.69, 9.17) is 9.52 Å². The second kappa shape index (κ2) is 4.05. The second-order valence-corrected chi connectivity index (χ2v) is 3.83. The molecule has 0 saturated carbocycles. The number of oxazole rings is 1. The number of carboxylic acid groups (broad SMARTS) is 1. The summed E-state index contributed by atoms with van der Waals surface area (Å²) in [4.78, 5) is 14.3. The predicted octanol–water partition coefficient (Wildman–Crippen LogP) is 2.94. The summed E-state index contributed by atoms with van der Waals surface area (Å²) in [6.45, 7) is 0. The standard InChI is InChI=1S/C10H5BrFNO3/c11-6-2-1-5(3-7(6)12)9-13-8(4-16-9)10(14)15/h1-4H,(H,14,15). The number of benzene rings is 1. The van der Waals surface area contributed by atoms with Gasteiger partial charge in [0.2, 0.25) is 5.89 Å². The van der Waals surface area contributed by atoms with Crippen molar-refractivity contribution in [3.05, 3.63) is 40.4 Å². The third kappa shape index (κ3) is 1.96. The Labute approximate surface area is 97.9 Å². The highest BCUT2D eigenvalue weighted by Crippen LogP contribution is 2.23. The van der Waals surface area contributed by atoms with E-state index < -0.39 is 11.8 Å². The maximum Gasteiger partial charge on any atom is 0.357 e. The van der Waals surface area contributed by atoms with E-state index in [-0.39, 0.29) is 11.6 Å². The Balaban J connectivity index is 2.42. The van der Waals surface area contributed by atoms with E-state index in [1.165, 1.54) is 12.1 Å². The minimum Gasteiger partial charge on any atom is -0.476 e. The van der Waals surface area contributed by atoms with E-state index in [0.29, 0.717) is 10.0 Å². The molecule has 1 heterocycles. The number of hydrogen-bond acceptors (Lipinski definition) is 3. The van der Waals surface area contributed by atoms with E-state index in [2.05, 4.69) is 20.9 Å².